The fourth-order valence-corrected chi connectivity index (χ4v) is 3.11. The van der Waals surface area contributed by atoms with E-state index in [9.17, 15) is 4.79 Å². The number of amides is 1. The molecule has 1 fully saturated rings. The predicted molar refractivity (Wildman–Crippen MR) is 87.5 cm³/mol. The first-order valence-electron chi connectivity index (χ1n) is 8.64. The third-order valence-corrected chi connectivity index (χ3v) is 4.71. The van der Waals surface area contributed by atoms with Gasteiger partial charge in [-0.3, -0.25) is 14.4 Å². The molecular weight excluding hydrogens is 306 g/mol. The normalized spacial score (nSPS) is 18.2. The van der Waals surface area contributed by atoms with Crippen LogP contribution in [0.5, 0.6) is 0 Å². The van der Waals surface area contributed by atoms with E-state index in [1.54, 1.807) is 0 Å². The minimum absolute atomic E-state index is 0.179. The average Bonchev–Trinajstić information content (AvgIpc) is 3.23. The van der Waals surface area contributed by atoms with Crippen LogP contribution in [-0.4, -0.2) is 45.2 Å². The number of hydrogen-bond acceptors (Lipinski definition) is 5. The van der Waals surface area contributed by atoms with Gasteiger partial charge in [-0.05, 0) is 18.8 Å². The SMILES string of the molecule is Cn1cc(CN2CCc3nc(C(=O)NCC4CC4)oc3CC2)cn1. The second-order valence-corrected chi connectivity index (χ2v) is 6.84. The summed E-state index contributed by atoms with van der Waals surface area (Å²) < 4.78 is 7.56. The number of nitrogens with one attached hydrogen (secondary N) is 1. The molecule has 2 aromatic heterocycles. The number of hydrogen-bond donors (Lipinski definition) is 1. The van der Waals surface area contributed by atoms with E-state index in [2.05, 4.69) is 20.3 Å². The Hall–Kier alpha value is -2.15. The van der Waals surface area contributed by atoms with Crippen LogP contribution in [0.1, 0.15) is 40.5 Å². The Morgan fingerprint density at radius 2 is 2.21 bits per heavy atom. The monoisotopic (exact) mass is 329 g/mol. The summed E-state index contributed by atoms with van der Waals surface area (Å²) in [4.78, 5) is 18.9. The van der Waals surface area contributed by atoms with Crippen LogP contribution in [0.15, 0.2) is 16.8 Å². The number of oxazole rings is 1. The number of carbonyl (C=O) groups is 1. The molecule has 2 aliphatic rings. The summed E-state index contributed by atoms with van der Waals surface area (Å²) >= 11 is 0. The van der Waals surface area contributed by atoms with E-state index < -0.39 is 0 Å². The van der Waals surface area contributed by atoms with Gasteiger partial charge in [0.15, 0.2) is 0 Å². The van der Waals surface area contributed by atoms with Crippen LogP contribution in [0.3, 0.4) is 0 Å². The van der Waals surface area contributed by atoms with Gasteiger partial charge in [-0.2, -0.15) is 5.10 Å². The summed E-state index contributed by atoms with van der Waals surface area (Å²) in [5.41, 5.74) is 2.14. The Labute approximate surface area is 141 Å². The molecule has 1 N–H and O–H groups in total. The lowest BCUT2D eigenvalue weighted by molar-refractivity contribution is 0.0915. The maximum Gasteiger partial charge on any atom is 0.307 e. The van der Waals surface area contributed by atoms with Gasteiger partial charge in [0.2, 0.25) is 0 Å². The van der Waals surface area contributed by atoms with Crippen molar-refractivity contribution in [2.75, 3.05) is 19.6 Å². The molecule has 2 aromatic rings. The summed E-state index contributed by atoms with van der Waals surface area (Å²) in [6.07, 6.45) is 7.99. The molecule has 0 saturated heterocycles. The molecule has 128 valence electrons. The van der Waals surface area contributed by atoms with Crippen LogP contribution < -0.4 is 5.32 Å². The summed E-state index contributed by atoms with van der Waals surface area (Å²) in [5.74, 6) is 1.56. The average molecular weight is 329 g/mol. The van der Waals surface area contributed by atoms with Gasteiger partial charge < -0.3 is 9.73 Å². The van der Waals surface area contributed by atoms with E-state index in [4.69, 9.17) is 4.42 Å². The third-order valence-electron chi connectivity index (χ3n) is 4.71. The summed E-state index contributed by atoms with van der Waals surface area (Å²) in [7, 11) is 1.93. The Bertz CT molecular complexity index is 706. The molecule has 1 saturated carbocycles. The summed E-state index contributed by atoms with van der Waals surface area (Å²) in [6.45, 7) is 3.44. The first kappa shape index (κ1) is 15.4. The molecule has 3 heterocycles. The second kappa shape index (κ2) is 6.39. The van der Waals surface area contributed by atoms with Crippen LogP contribution in [0.25, 0.3) is 0 Å². The molecule has 0 radical (unpaired) electrons. The molecule has 7 heteroatoms. The van der Waals surface area contributed by atoms with Crippen LogP contribution in [0.4, 0.5) is 0 Å². The minimum Gasteiger partial charge on any atom is -0.437 e. The Balaban J connectivity index is 1.35. The molecule has 1 amide bonds. The highest BCUT2D eigenvalue weighted by molar-refractivity contribution is 5.89. The van der Waals surface area contributed by atoms with Gasteiger partial charge in [0.1, 0.15) is 5.76 Å². The van der Waals surface area contributed by atoms with E-state index in [1.807, 2.05) is 24.1 Å². The van der Waals surface area contributed by atoms with E-state index in [-0.39, 0.29) is 11.8 Å². The predicted octanol–water partition coefficient (Wildman–Crippen LogP) is 1.15. The zero-order valence-electron chi connectivity index (χ0n) is 14.0. The largest absolute Gasteiger partial charge is 0.437 e. The van der Waals surface area contributed by atoms with Gasteiger partial charge in [0, 0.05) is 57.8 Å². The topological polar surface area (TPSA) is 76.2 Å². The van der Waals surface area contributed by atoms with Crippen molar-refractivity contribution >= 4 is 5.91 Å². The lowest BCUT2D eigenvalue weighted by Gasteiger charge is -2.18. The lowest BCUT2D eigenvalue weighted by atomic mass is 10.2. The molecule has 1 aliphatic heterocycles. The van der Waals surface area contributed by atoms with Gasteiger partial charge in [0.05, 0.1) is 11.9 Å². The first-order valence-corrected chi connectivity index (χ1v) is 8.64. The number of nitrogens with zero attached hydrogens (tertiary/aromatic N) is 4. The van der Waals surface area contributed by atoms with Crippen molar-refractivity contribution in [3.05, 3.63) is 35.3 Å². The number of aromatic nitrogens is 3. The molecule has 0 atom stereocenters. The molecule has 4 rings (SSSR count). The van der Waals surface area contributed by atoms with Crippen LogP contribution >= 0.6 is 0 Å². The lowest BCUT2D eigenvalue weighted by Crippen LogP contribution is -2.27. The minimum atomic E-state index is -0.179. The Morgan fingerprint density at radius 3 is 2.96 bits per heavy atom. The van der Waals surface area contributed by atoms with Crippen LogP contribution in [0.2, 0.25) is 0 Å². The molecule has 7 nitrogen and oxygen atoms in total. The number of fused-ring (bicyclic) bond motifs is 1. The van der Waals surface area contributed by atoms with Crippen molar-refractivity contribution in [1.29, 1.82) is 0 Å². The van der Waals surface area contributed by atoms with Crippen molar-refractivity contribution in [3.8, 4) is 0 Å². The maximum absolute atomic E-state index is 12.1. The molecule has 0 aromatic carbocycles. The fraction of sp³-hybridized carbons (Fsp3) is 0.588. The van der Waals surface area contributed by atoms with Crippen LogP contribution in [0, 0.1) is 5.92 Å². The van der Waals surface area contributed by atoms with Gasteiger partial charge in [-0.15, -0.1) is 0 Å². The second-order valence-electron chi connectivity index (χ2n) is 6.84. The maximum atomic E-state index is 12.1. The smallest absolute Gasteiger partial charge is 0.307 e. The summed E-state index contributed by atoms with van der Waals surface area (Å²) in [6, 6.07) is 0. The van der Waals surface area contributed by atoms with Crippen molar-refractivity contribution in [3.63, 3.8) is 0 Å². The highest BCUT2D eigenvalue weighted by Gasteiger charge is 2.25. The Morgan fingerprint density at radius 1 is 1.38 bits per heavy atom. The van der Waals surface area contributed by atoms with E-state index in [0.717, 1.165) is 50.5 Å². The van der Waals surface area contributed by atoms with E-state index in [1.165, 1.54) is 18.4 Å². The van der Waals surface area contributed by atoms with Crippen molar-refractivity contribution in [2.24, 2.45) is 13.0 Å². The van der Waals surface area contributed by atoms with Gasteiger partial charge in [-0.25, -0.2) is 4.98 Å². The van der Waals surface area contributed by atoms with Gasteiger partial charge in [0.25, 0.3) is 5.89 Å². The van der Waals surface area contributed by atoms with Gasteiger partial charge >= 0.3 is 5.91 Å². The zero-order chi connectivity index (χ0) is 16.5. The van der Waals surface area contributed by atoms with Crippen molar-refractivity contribution in [2.45, 2.75) is 32.2 Å². The standard InChI is InChI=1S/C17H23N5O2/c1-21-10-13(9-19-21)11-22-6-4-14-15(5-7-22)24-17(20-14)16(23)18-8-12-2-3-12/h9-10,12H,2-8,11H2,1H3,(H,18,23). The fourth-order valence-electron chi connectivity index (χ4n) is 3.11. The highest BCUT2D eigenvalue weighted by Crippen LogP contribution is 2.27. The Kier molecular flexibility index (Phi) is 4.10. The summed E-state index contributed by atoms with van der Waals surface area (Å²) in [5, 5.41) is 7.13. The number of aryl methyl sites for hydroxylation is 1. The molecule has 0 spiro atoms. The number of rotatable bonds is 5. The molecule has 0 unspecified atom stereocenters. The molecule has 0 bridgehead atoms. The third kappa shape index (κ3) is 3.51. The van der Waals surface area contributed by atoms with E-state index >= 15 is 0 Å². The molecule has 1 aliphatic carbocycles. The number of carbonyl (C=O) groups excluding carboxylic acids is 1. The zero-order valence-corrected chi connectivity index (χ0v) is 14.0. The van der Waals surface area contributed by atoms with Crippen molar-refractivity contribution in [1.82, 2.24) is 25.0 Å². The first-order chi connectivity index (χ1) is 11.7. The van der Waals surface area contributed by atoms with Crippen LogP contribution in [-0.2, 0) is 26.4 Å². The molecular formula is C17H23N5O2. The van der Waals surface area contributed by atoms with E-state index in [0.29, 0.717) is 5.92 Å². The quantitative estimate of drug-likeness (QED) is 0.890. The highest BCUT2D eigenvalue weighted by atomic mass is 16.4. The van der Waals surface area contributed by atoms with Gasteiger partial charge in [-0.1, -0.05) is 0 Å². The van der Waals surface area contributed by atoms with Crippen molar-refractivity contribution < 1.29 is 9.21 Å². The molecule has 24 heavy (non-hydrogen) atoms.